The fourth-order valence-electron chi connectivity index (χ4n) is 1.35. The molecule has 0 amide bonds. The van der Waals surface area contributed by atoms with Crippen molar-refractivity contribution in [3.63, 3.8) is 0 Å². The molecule has 0 bridgehead atoms. The molecule has 0 unspecified atom stereocenters. The van der Waals surface area contributed by atoms with E-state index in [4.69, 9.17) is 0 Å². The van der Waals surface area contributed by atoms with Crippen LogP contribution < -0.4 is 0 Å². The molecule has 1 heteroatoms. The van der Waals surface area contributed by atoms with Gasteiger partial charge in [0.05, 0.1) is 0 Å². The number of hydrogen-bond donors (Lipinski definition) is 1. The molecule has 1 rings (SSSR count). The Morgan fingerprint density at radius 2 is 2.00 bits per heavy atom. The van der Waals surface area contributed by atoms with E-state index in [0.717, 1.165) is 12.2 Å². The van der Waals surface area contributed by atoms with Crippen LogP contribution in [0.1, 0.15) is 23.1 Å². The van der Waals surface area contributed by atoms with Gasteiger partial charge in [0.1, 0.15) is 0 Å². The van der Waals surface area contributed by atoms with Crippen LogP contribution in [0, 0.1) is 13.8 Å². The molecular weight excluding hydrogens is 164 g/mol. The molecule has 12 heavy (non-hydrogen) atoms. The molecule has 0 aliphatic rings. The Hall–Kier alpha value is -0.430. The highest BCUT2D eigenvalue weighted by atomic mass is 32.1. The molecule has 0 aliphatic carbocycles. The first kappa shape index (κ1) is 9.66. The average Bonchev–Trinajstić information content (AvgIpc) is 2.08. The van der Waals surface area contributed by atoms with Gasteiger partial charge in [0.15, 0.2) is 0 Å². The highest BCUT2D eigenvalue weighted by Gasteiger charge is 1.98. The molecule has 0 aliphatic heterocycles. The molecule has 0 heterocycles. The molecule has 0 aromatic heterocycles. The Labute approximate surface area is 80.4 Å². The molecule has 0 radical (unpaired) electrons. The molecular formula is C11H16S. The topological polar surface area (TPSA) is 0 Å². The number of aryl methyl sites for hydroxylation is 2. The summed E-state index contributed by atoms with van der Waals surface area (Å²) < 4.78 is 0. The predicted octanol–water partition coefficient (Wildman–Crippen LogP) is 3.17. The predicted molar refractivity (Wildman–Crippen MR) is 58.1 cm³/mol. The van der Waals surface area contributed by atoms with E-state index in [1.807, 2.05) is 0 Å². The van der Waals surface area contributed by atoms with E-state index in [9.17, 15) is 0 Å². The fourth-order valence-corrected chi connectivity index (χ4v) is 1.51. The van der Waals surface area contributed by atoms with Crippen molar-refractivity contribution in [3.05, 3.63) is 34.9 Å². The summed E-state index contributed by atoms with van der Waals surface area (Å²) in [4.78, 5) is 0. The molecule has 0 fully saturated rings. The molecule has 0 saturated carbocycles. The van der Waals surface area contributed by atoms with Crippen LogP contribution in [-0.2, 0) is 6.42 Å². The number of benzene rings is 1. The van der Waals surface area contributed by atoms with Gasteiger partial charge in [0, 0.05) is 0 Å². The van der Waals surface area contributed by atoms with Gasteiger partial charge in [-0.1, -0.05) is 18.2 Å². The normalized spacial score (nSPS) is 10.2. The summed E-state index contributed by atoms with van der Waals surface area (Å²) >= 11 is 4.21. The molecule has 1 aromatic rings. The van der Waals surface area contributed by atoms with Crippen molar-refractivity contribution < 1.29 is 0 Å². The van der Waals surface area contributed by atoms with Crippen LogP contribution >= 0.6 is 12.6 Å². The van der Waals surface area contributed by atoms with Crippen LogP contribution in [0.25, 0.3) is 0 Å². The third-order valence-electron chi connectivity index (χ3n) is 2.32. The summed E-state index contributed by atoms with van der Waals surface area (Å²) in [5, 5.41) is 0. The fraction of sp³-hybridized carbons (Fsp3) is 0.455. The zero-order valence-corrected chi connectivity index (χ0v) is 8.70. The van der Waals surface area contributed by atoms with Gasteiger partial charge >= 0.3 is 0 Å². The lowest BCUT2D eigenvalue weighted by Crippen LogP contribution is -1.92. The average molecular weight is 180 g/mol. The zero-order chi connectivity index (χ0) is 8.97. The molecule has 1 aromatic carbocycles. The summed E-state index contributed by atoms with van der Waals surface area (Å²) in [7, 11) is 0. The lowest BCUT2D eigenvalue weighted by Gasteiger charge is -2.06. The zero-order valence-electron chi connectivity index (χ0n) is 7.80. The second kappa shape index (κ2) is 4.56. The van der Waals surface area contributed by atoms with E-state index in [0.29, 0.717) is 0 Å². The van der Waals surface area contributed by atoms with Crippen molar-refractivity contribution in [2.24, 2.45) is 0 Å². The smallest absolute Gasteiger partial charge is 0.00947 e. The van der Waals surface area contributed by atoms with Gasteiger partial charge in [-0.2, -0.15) is 12.6 Å². The lowest BCUT2D eigenvalue weighted by atomic mass is 10.0. The van der Waals surface area contributed by atoms with Crippen LogP contribution in [-0.4, -0.2) is 5.75 Å². The minimum absolute atomic E-state index is 0.980. The van der Waals surface area contributed by atoms with Gasteiger partial charge in [-0.15, -0.1) is 0 Å². The molecule has 0 nitrogen and oxygen atoms in total. The Balaban J connectivity index is 2.78. The summed E-state index contributed by atoms with van der Waals surface area (Å²) in [5.41, 5.74) is 4.31. The highest BCUT2D eigenvalue weighted by Crippen LogP contribution is 2.14. The first-order valence-electron chi connectivity index (χ1n) is 4.41. The Morgan fingerprint density at radius 1 is 1.25 bits per heavy atom. The molecule has 0 N–H and O–H groups in total. The largest absolute Gasteiger partial charge is 0.179 e. The summed E-state index contributed by atoms with van der Waals surface area (Å²) in [6.45, 7) is 4.36. The van der Waals surface area contributed by atoms with E-state index in [-0.39, 0.29) is 0 Å². The third-order valence-corrected chi connectivity index (χ3v) is 2.64. The Kier molecular flexibility index (Phi) is 3.67. The van der Waals surface area contributed by atoms with Crippen LogP contribution in [0.4, 0.5) is 0 Å². The van der Waals surface area contributed by atoms with Gasteiger partial charge in [-0.25, -0.2) is 0 Å². The number of hydrogen-bond acceptors (Lipinski definition) is 1. The summed E-state index contributed by atoms with van der Waals surface area (Å²) in [5.74, 6) is 0.980. The Morgan fingerprint density at radius 3 is 2.67 bits per heavy atom. The van der Waals surface area contributed by atoms with Crippen molar-refractivity contribution in [3.8, 4) is 0 Å². The summed E-state index contributed by atoms with van der Waals surface area (Å²) in [6.07, 6.45) is 2.34. The van der Waals surface area contributed by atoms with Crippen molar-refractivity contribution in [2.45, 2.75) is 26.7 Å². The lowest BCUT2D eigenvalue weighted by molar-refractivity contribution is 0.923. The SMILES string of the molecule is Cc1cccc(CCCS)c1C. The molecule has 0 atom stereocenters. The quantitative estimate of drug-likeness (QED) is 0.679. The first-order valence-corrected chi connectivity index (χ1v) is 5.05. The van der Waals surface area contributed by atoms with Gasteiger partial charge in [-0.05, 0) is 49.1 Å². The maximum atomic E-state index is 4.21. The minimum Gasteiger partial charge on any atom is -0.179 e. The van der Waals surface area contributed by atoms with Crippen LogP contribution in [0.15, 0.2) is 18.2 Å². The van der Waals surface area contributed by atoms with Crippen molar-refractivity contribution in [1.82, 2.24) is 0 Å². The van der Waals surface area contributed by atoms with E-state index in [1.165, 1.54) is 23.1 Å². The standard InChI is InChI=1S/C11H16S/c1-9-5-3-6-11(10(9)2)7-4-8-12/h3,5-6,12H,4,7-8H2,1-2H3. The number of thiol groups is 1. The summed E-state index contributed by atoms with van der Waals surface area (Å²) in [6, 6.07) is 6.52. The van der Waals surface area contributed by atoms with Crippen LogP contribution in [0.3, 0.4) is 0 Å². The monoisotopic (exact) mass is 180 g/mol. The van der Waals surface area contributed by atoms with Crippen LogP contribution in [0.2, 0.25) is 0 Å². The molecule has 0 saturated heterocycles. The van der Waals surface area contributed by atoms with Crippen molar-refractivity contribution in [2.75, 3.05) is 5.75 Å². The van der Waals surface area contributed by atoms with Crippen molar-refractivity contribution >= 4 is 12.6 Å². The van der Waals surface area contributed by atoms with Crippen molar-refractivity contribution in [1.29, 1.82) is 0 Å². The second-order valence-electron chi connectivity index (χ2n) is 3.19. The van der Waals surface area contributed by atoms with Gasteiger partial charge in [0.2, 0.25) is 0 Å². The highest BCUT2D eigenvalue weighted by molar-refractivity contribution is 7.80. The third kappa shape index (κ3) is 2.28. The maximum absolute atomic E-state index is 4.21. The van der Waals surface area contributed by atoms with Gasteiger partial charge in [0.25, 0.3) is 0 Å². The van der Waals surface area contributed by atoms with E-state index < -0.39 is 0 Å². The molecule has 0 spiro atoms. The maximum Gasteiger partial charge on any atom is -0.00947 e. The Bertz CT molecular complexity index is 253. The number of rotatable bonds is 3. The second-order valence-corrected chi connectivity index (χ2v) is 3.63. The first-order chi connectivity index (χ1) is 5.75. The van der Waals surface area contributed by atoms with Crippen LogP contribution in [0.5, 0.6) is 0 Å². The van der Waals surface area contributed by atoms with E-state index >= 15 is 0 Å². The molecule has 66 valence electrons. The van der Waals surface area contributed by atoms with E-state index in [1.54, 1.807) is 0 Å². The van der Waals surface area contributed by atoms with E-state index in [2.05, 4.69) is 44.7 Å². The van der Waals surface area contributed by atoms with Gasteiger partial charge < -0.3 is 0 Å². The van der Waals surface area contributed by atoms with Gasteiger partial charge in [-0.3, -0.25) is 0 Å². The minimum atomic E-state index is 0.980.